The number of thiophene rings is 1. The van der Waals surface area contributed by atoms with Gasteiger partial charge in [0, 0.05) is 21.8 Å². The van der Waals surface area contributed by atoms with E-state index in [0.717, 1.165) is 26.7 Å². The van der Waals surface area contributed by atoms with Crippen molar-refractivity contribution in [1.29, 1.82) is 0 Å². The van der Waals surface area contributed by atoms with Gasteiger partial charge in [0.1, 0.15) is 0 Å². The number of aliphatic hydroxyl groups is 1. The van der Waals surface area contributed by atoms with Crippen LogP contribution in [0.15, 0.2) is 15.9 Å². The van der Waals surface area contributed by atoms with Crippen LogP contribution in [0.2, 0.25) is 0 Å². The number of aromatic nitrogens is 1. The van der Waals surface area contributed by atoms with Crippen LogP contribution in [0.25, 0.3) is 0 Å². The van der Waals surface area contributed by atoms with E-state index in [4.69, 9.17) is 0 Å². The lowest BCUT2D eigenvalue weighted by Crippen LogP contribution is -2.15. The van der Waals surface area contributed by atoms with Crippen molar-refractivity contribution >= 4 is 43.7 Å². The van der Waals surface area contributed by atoms with Gasteiger partial charge in [-0.3, -0.25) is 0 Å². The normalized spacial score (nSPS) is 11.3. The highest BCUT2D eigenvalue weighted by atomic mass is 79.9. The van der Waals surface area contributed by atoms with Crippen molar-refractivity contribution in [3.05, 3.63) is 31.4 Å². The lowest BCUT2D eigenvalue weighted by atomic mass is 10.1. The van der Waals surface area contributed by atoms with Gasteiger partial charge in [-0.25, -0.2) is 4.98 Å². The van der Waals surface area contributed by atoms with E-state index in [0.29, 0.717) is 5.92 Å². The first-order valence-corrected chi connectivity index (χ1v) is 8.54. The minimum absolute atomic E-state index is 0.0730. The molecule has 1 N–H and O–H groups in total. The first-order valence-electron chi connectivity index (χ1n) is 6.05. The predicted octanol–water partition coefficient (Wildman–Crippen LogP) is 4.22. The predicted molar refractivity (Wildman–Crippen MR) is 86.3 cm³/mol. The third kappa shape index (κ3) is 3.56. The van der Waals surface area contributed by atoms with Crippen LogP contribution < -0.4 is 4.90 Å². The van der Waals surface area contributed by atoms with E-state index < -0.39 is 0 Å². The summed E-state index contributed by atoms with van der Waals surface area (Å²) in [7, 11) is 2.04. The molecule has 0 aliphatic heterocycles. The Labute approximate surface area is 130 Å². The molecule has 19 heavy (non-hydrogen) atoms. The number of thiazole rings is 1. The molecule has 0 bridgehead atoms. The smallest absolute Gasteiger partial charge is 0.185 e. The number of halogens is 1. The second kappa shape index (κ2) is 6.35. The second-order valence-electron chi connectivity index (χ2n) is 4.70. The number of aliphatic hydroxyl groups excluding tert-OH is 1. The highest BCUT2D eigenvalue weighted by molar-refractivity contribution is 9.10. The number of nitrogens with zero attached hydrogens (tertiary/aromatic N) is 2. The fourth-order valence-electron chi connectivity index (χ4n) is 1.82. The molecule has 0 amide bonds. The monoisotopic (exact) mass is 360 g/mol. The van der Waals surface area contributed by atoms with Gasteiger partial charge in [0.2, 0.25) is 0 Å². The molecule has 2 aromatic heterocycles. The van der Waals surface area contributed by atoms with Crippen LogP contribution in [-0.4, -0.2) is 17.1 Å². The van der Waals surface area contributed by atoms with E-state index in [-0.39, 0.29) is 6.61 Å². The van der Waals surface area contributed by atoms with Crippen LogP contribution in [0.3, 0.4) is 0 Å². The first-order chi connectivity index (χ1) is 9.01. The zero-order valence-electron chi connectivity index (χ0n) is 11.2. The maximum Gasteiger partial charge on any atom is 0.185 e. The average molecular weight is 361 g/mol. The molecule has 2 rings (SSSR count). The Bertz CT molecular complexity index is 551. The summed E-state index contributed by atoms with van der Waals surface area (Å²) in [6.07, 6.45) is 0. The fourth-order valence-corrected chi connectivity index (χ4v) is 4.36. The summed E-state index contributed by atoms with van der Waals surface area (Å²) in [5, 5.41) is 12.5. The third-order valence-corrected chi connectivity index (χ3v) is 5.60. The molecule has 104 valence electrons. The van der Waals surface area contributed by atoms with Crippen molar-refractivity contribution in [2.45, 2.75) is 32.9 Å². The molecule has 0 aliphatic rings. The summed E-state index contributed by atoms with van der Waals surface area (Å²) in [6.45, 7) is 5.12. The number of hydrogen-bond acceptors (Lipinski definition) is 5. The topological polar surface area (TPSA) is 36.4 Å². The molecule has 0 spiro atoms. The summed E-state index contributed by atoms with van der Waals surface area (Å²) in [5.74, 6) is 0.344. The molecule has 0 aromatic carbocycles. The fraction of sp³-hybridized carbons (Fsp3) is 0.462. The van der Waals surface area contributed by atoms with Gasteiger partial charge in [-0.15, -0.1) is 11.3 Å². The van der Waals surface area contributed by atoms with Crippen LogP contribution in [0.4, 0.5) is 5.13 Å². The van der Waals surface area contributed by atoms with E-state index in [2.05, 4.69) is 51.1 Å². The molecule has 2 aromatic rings. The lowest BCUT2D eigenvalue weighted by Gasteiger charge is -2.14. The van der Waals surface area contributed by atoms with Gasteiger partial charge in [0.15, 0.2) is 5.13 Å². The molecule has 3 nitrogen and oxygen atoms in total. The molecule has 0 saturated carbocycles. The quantitative estimate of drug-likeness (QED) is 0.866. The first kappa shape index (κ1) is 15.0. The largest absolute Gasteiger partial charge is 0.391 e. The van der Waals surface area contributed by atoms with Gasteiger partial charge < -0.3 is 10.0 Å². The van der Waals surface area contributed by atoms with Crippen molar-refractivity contribution in [3.8, 4) is 0 Å². The molecule has 0 atom stereocenters. The highest BCUT2D eigenvalue weighted by Gasteiger charge is 2.16. The second-order valence-corrected chi connectivity index (χ2v) is 7.68. The van der Waals surface area contributed by atoms with Crippen molar-refractivity contribution in [1.82, 2.24) is 4.98 Å². The summed E-state index contributed by atoms with van der Waals surface area (Å²) in [6, 6.07) is 2.13. The van der Waals surface area contributed by atoms with Gasteiger partial charge in [0.05, 0.1) is 23.7 Å². The Kier molecular flexibility index (Phi) is 5.00. The number of rotatable bonds is 5. The van der Waals surface area contributed by atoms with Crippen molar-refractivity contribution in [2.24, 2.45) is 0 Å². The van der Waals surface area contributed by atoms with Gasteiger partial charge in [-0.05, 0) is 27.9 Å². The molecule has 2 heterocycles. The highest BCUT2D eigenvalue weighted by Crippen LogP contribution is 2.31. The van der Waals surface area contributed by atoms with Gasteiger partial charge in [-0.2, -0.15) is 0 Å². The van der Waals surface area contributed by atoms with E-state index in [1.165, 1.54) is 4.88 Å². The van der Waals surface area contributed by atoms with E-state index in [1.807, 2.05) is 7.05 Å². The third-order valence-electron chi connectivity index (χ3n) is 2.75. The Balaban J connectivity index is 2.17. The van der Waals surface area contributed by atoms with Gasteiger partial charge in [-0.1, -0.05) is 25.2 Å². The SMILES string of the molecule is CC(C)c1nc(N(C)Cc2cc(Br)cs2)sc1CO. The molecule has 0 saturated heterocycles. The summed E-state index contributed by atoms with van der Waals surface area (Å²) in [5.41, 5.74) is 1.02. The van der Waals surface area contributed by atoms with Crippen LogP contribution >= 0.6 is 38.6 Å². The minimum Gasteiger partial charge on any atom is -0.391 e. The average Bonchev–Trinajstić information content (AvgIpc) is 2.95. The van der Waals surface area contributed by atoms with Crippen LogP contribution in [-0.2, 0) is 13.2 Å². The van der Waals surface area contributed by atoms with Crippen LogP contribution in [0.5, 0.6) is 0 Å². The Morgan fingerprint density at radius 1 is 1.47 bits per heavy atom. The number of hydrogen-bond donors (Lipinski definition) is 1. The molecule has 0 fully saturated rings. The van der Waals surface area contributed by atoms with E-state index >= 15 is 0 Å². The molecule has 6 heteroatoms. The van der Waals surface area contributed by atoms with Crippen molar-refractivity contribution in [2.75, 3.05) is 11.9 Å². The maximum absolute atomic E-state index is 9.40. The number of anilines is 1. The summed E-state index contributed by atoms with van der Waals surface area (Å²) >= 11 is 6.78. The standard InChI is InChI=1S/C13H17BrN2OS2/c1-8(2)12-11(6-17)19-13(15-12)16(3)5-10-4-9(14)7-18-10/h4,7-8,17H,5-6H2,1-3H3. The van der Waals surface area contributed by atoms with Crippen molar-refractivity contribution < 1.29 is 5.11 Å². The molecule has 0 aliphatic carbocycles. The zero-order chi connectivity index (χ0) is 14.0. The maximum atomic E-state index is 9.40. The molecule has 0 unspecified atom stereocenters. The zero-order valence-corrected chi connectivity index (χ0v) is 14.4. The molecular formula is C13H17BrN2OS2. The van der Waals surface area contributed by atoms with E-state index in [1.54, 1.807) is 22.7 Å². The van der Waals surface area contributed by atoms with E-state index in [9.17, 15) is 5.11 Å². The van der Waals surface area contributed by atoms with Gasteiger partial charge >= 0.3 is 0 Å². The Morgan fingerprint density at radius 3 is 2.68 bits per heavy atom. The van der Waals surface area contributed by atoms with Gasteiger partial charge in [0.25, 0.3) is 0 Å². The van der Waals surface area contributed by atoms with Crippen molar-refractivity contribution in [3.63, 3.8) is 0 Å². The summed E-state index contributed by atoms with van der Waals surface area (Å²) < 4.78 is 1.12. The minimum atomic E-state index is 0.0730. The Hall–Kier alpha value is -0.430. The molecular weight excluding hydrogens is 344 g/mol. The lowest BCUT2D eigenvalue weighted by molar-refractivity contribution is 0.283. The summed E-state index contributed by atoms with van der Waals surface area (Å²) in [4.78, 5) is 9.06. The molecule has 0 radical (unpaired) electrons. The van der Waals surface area contributed by atoms with Crippen LogP contribution in [0.1, 0.15) is 35.2 Å². The Morgan fingerprint density at radius 2 is 2.21 bits per heavy atom. The van der Waals surface area contributed by atoms with Crippen LogP contribution in [0, 0.1) is 0 Å².